The van der Waals surface area contributed by atoms with Crippen LogP contribution in [0, 0.1) is 6.92 Å². The third-order valence-corrected chi connectivity index (χ3v) is 5.81. The number of pyridine rings is 1. The normalized spacial score (nSPS) is 19.6. The van der Waals surface area contributed by atoms with Crippen LogP contribution in [0.25, 0.3) is 6.08 Å². The van der Waals surface area contributed by atoms with Gasteiger partial charge in [0.15, 0.2) is 5.17 Å². The van der Waals surface area contributed by atoms with Crippen LogP contribution in [-0.2, 0) is 11.3 Å². The van der Waals surface area contributed by atoms with Gasteiger partial charge in [0.2, 0.25) is 0 Å². The lowest BCUT2D eigenvalue weighted by Gasteiger charge is -2.35. The van der Waals surface area contributed by atoms with Crippen molar-refractivity contribution in [3.63, 3.8) is 0 Å². The van der Waals surface area contributed by atoms with E-state index in [0.717, 1.165) is 43.5 Å². The molecule has 0 saturated carbocycles. The molecule has 0 spiro atoms. The van der Waals surface area contributed by atoms with Gasteiger partial charge in [-0.25, -0.2) is 0 Å². The van der Waals surface area contributed by atoms with Crippen LogP contribution in [0.4, 0.5) is 0 Å². The van der Waals surface area contributed by atoms with Crippen molar-refractivity contribution in [1.82, 2.24) is 14.8 Å². The first-order chi connectivity index (χ1) is 13.2. The van der Waals surface area contributed by atoms with E-state index in [0.29, 0.717) is 4.91 Å². The lowest BCUT2D eigenvalue weighted by Crippen LogP contribution is -2.47. The summed E-state index contributed by atoms with van der Waals surface area (Å²) in [4.78, 5) is 25.9. The van der Waals surface area contributed by atoms with E-state index in [-0.39, 0.29) is 5.91 Å². The average Bonchev–Trinajstić information content (AvgIpc) is 3.05. The quantitative estimate of drug-likeness (QED) is 0.768. The molecule has 2 aromatic rings. The fraction of sp³-hybridized carbons (Fsp3) is 0.286. The Labute approximate surface area is 163 Å². The molecule has 0 atom stereocenters. The zero-order valence-corrected chi connectivity index (χ0v) is 16.2. The first kappa shape index (κ1) is 17.9. The summed E-state index contributed by atoms with van der Waals surface area (Å²) in [5.74, 6) is -0.152. The Bertz CT molecular complexity index is 869. The molecular formula is C21H22N4OS. The molecule has 0 N–H and O–H groups in total. The SMILES string of the molecule is Cc1ccc(CN2CCN(C3=NC(=O)C(=Cc4cccnc4)S3)CC2)cc1. The molecule has 1 amide bonds. The fourth-order valence-electron chi connectivity index (χ4n) is 3.19. The van der Waals surface area contributed by atoms with Crippen LogP contribution in [0.2, 0.25) is 0 Å². The highest BCUT2D eigenvalue weighted by Gasteiger charge is 2.28. The monoisotopic (exact) mass is 378 g/mol. The highest BCUT2D eigenvalue weighted by Crippen LogP contribution is 2.30. The van der Waals surface area contributed by atoms with Crippen molar-refractivity contribution < 1.29 is 4.79 Å². The Morgan fingerprint density at radius 1 is 1.11 bits per heavy atom. The van der Waals surface area contributed by atoms with Gasteiger partial charge < -0.3 is 4.90 Å². The van der Waals surface area contributed by atoms with Crippen molar-refractivity contribution in [2.45, 2.75) is 13.5 Å². The Balaban J connectivity index is 1.33. The number of hydrogen-bond donors (Lipinski definition) is 0. The smallest absolute Gasteiger partial charge is 0.286 e. The topological polar surface area (TPSA) is 48.8 Å². The average molecular weight is 379 g/mol. The Morgan fingerprint density at radius 2 is 1.89 bits per heavy atom. The van der Waals surface area contributed by atoms with Crippen molar-refractivity contribution >= 4 is 28.9 Å². The minimum Gasteiger partial charge on any atom is -0.348 e. The van der Waals surface area contributed by atoms with Gasteiger partial charge in [-0.2, -0.15) is 4.99 Å². The summed E-state index contributed by atoms with van der Waals surface area (Å²) in [7, 11) is 0. The number of piperazine rings is 1. The highest BCUT2D eigenvalue weighted by atomic mass is 32.2. The molecule has 1 saturated heterocycles. The number of thioether (sulfide) groups is 1. The number of benzene rings is 1. The second kappa shape index (κ2) is 8.06. The van der Waals surface area contributed by atoms with Gasteiger partial charge in [0, 0.05) is 45.1 Å². The summed E-state index contributed by atoms with van der Waals surface area (Å²) in [5.41, 5.74) is 3.56. The van der Waals surface area contributed by atoms with Crippen molar-refractivity contribution in [3.8, 4) is 0 Å². The number of aliphatic imine (C=N–C) groups is 1. The molecule has 1 fully saturated rings. The lowest BCUT2D eigenvalue weighted by molar-refractivity contribution is -0.113. The van der Waals surface area contributed by atoms with E-state index >= 15 is 0 Å². The molecule has 0 radical (unpaired) electrons. The molecule has 2 aliphatic rings. The number of amidine groups is 1. The molecule has 1 aromatic carbocycles. The fourth-order valence-corrected chi connectivity index (χ4v) is 4.16. The molecule has 1 aromatic heterocycles. The summed E-state index contributed by atoms with van der Waals surface area (Å²) >= 11 is 1.47. The van der Waals surface area contributed by atoms with Gasteiger partial charge in [-0.05, 0) is 42.0 Å². The summed E-state index contributed by atoms with van der Waals surface area (Å²) in [6.45, 7) is 6.82. The second-order valence-electron chi connectivity index (χ2n) is 6.85. The number of nitrogens with zero attached hydrogens (tertiary/aromatic N) is 4. The van der Waals surface area contributed by atoms with E-state index in [1.807, 2.05) is 18.2 Å². The van der Waals surface area contributed by atoms with Crippen LogP contribution >= 0.6 is 11.8 Å². The number of aryl methyl sites for hydroxylation is 1. The molecule has 0 unspecified atom stereocenters. The molecule has 6 heteroatoms. The number of amides is 1. The summed E-state index contributed by atoms with van der Waals surface area (Å²) in [6, 6.07) is 12.5. The number of carbonyl (C=O) groups is 1. The van der Waals surface area contributed by atoms with Crippen molar-refractivity contribution in [2.24, 2.45) is 4.99 Å². The first-order valence-corrected chi connectivity index (χ1v) is 9.94. The van der Waals surface area contributed by atoms with E-state index in [1.165, 1.54) is 22.9 Å². The second-order valence-corrected chi connectivity index (χ2v) is 7.85. The number of aromatic nitrogens is 1. The van der Waals surface area contributed by atoms with E-state index in [4.69, 9.17) is 0 Å². The van der Waals surface area contributed by atoms with Gasteiger partial charge in [-0.1, -0.05) is 35.9 Å². The van der Waals surface area contributed by atoms with Gasteiger partial charge in [0.1, 0.15) is 0 Å². The van der Waals surface area contributed by atoms with Crippen molar-refractivity contribution in [3.05, 3.63) is 70.4 Å². The van der Waals surface area contributed by atoms with Crippen LogP contribution < -0.4 is 0 Å². The molecule has 4 rings (SSSR count). The number of hydrogen-bond acceptors (Lipinski definition) is 5. The zero-order chi connectivity index (χ0) is 18.6. The standard InChI is InChI=1S/C21H22N4OS/c1-16-4-6-17(7-5-16)15-24-9-11-25(12-10-24)21-23-20(26)19(27-21)13-18-3-2-8-22-14-18/h2-8,13-14H,9-12,15H2,1H3. The number of carbonyl (C=O) groups excluding carboxylic acids is 1. The van der Waals surface area contributed by atoms with Crippen LogP contribution in [-0.4, -0.2) is 52.0 Å². The zero-order valence-electron chi connectivity index (χ0n) is 15.3. The van der Waals surface area contributed by atoms with Crippen LogP contribution in [0.5, 0.6) is 0 Å². The Kier molecular flexibility index (Phi) is 5.36. The van der Waals surface area contributed by atoms with E-state index in [1.54, 1.807) is 12.4 Å². The van der Waals surface area contributed by atoms with Crippen molar-refractivity contribution in [2.75, 3.05) is 26.2 Å². The molecule has 5 nitrogen and oxygen atoms in total. The van der Waals surface area contributed by atoms with Gasteiger partial charge in [0.25, 0.3) is 5.91 Å². The largest absolute Gasteiger partial charge is 0.348 e. The third kappa shape index (κ3) is 4.46. The van der Waals surface area contributed by atoms with Gasteiger partial charge in [-0.3, -0.25) is 14.7 Å². The van der Waals surface area contributed by atoms with E-state index in [9.17, 15) is 4.79 Å². The predicted octanol–water partition coefficient (Wildman–Crippen LogP) is 3.18. The van der Waals surface area contributed by atoms with Crippen molar-refractivity contribution in [1.29, 1.82) is 0 Å². The van der Waals surface area contributed by atoms with Gasteiger partial charge >= 0.3 is 0 Å². The van der Waals surface area contributed by atoms with Gasteiger partial charge in [-0.15, -0.1) is 0 Å². The number of rotatable bonds is 3. The molecule has 27 heavy (non-hydrogen) atoms. The predicted molar refractivity (Wildman–Crippen MR) is 110 cm³/mol. The summed E-state index contributed by atoms with van der Waals surface area (Å²) in [5, 5.41) is 0.824. The van der Waals surface area contributed by atoms with E-state index < -0.39 is 0 Å². The Morgan fingerprint density at radius 3 is 2.59 bits per heavy atom. The molecule has 138 valence electrons. The molecule has 2 aliphatic heterocycles. The summed E-state index contributed by atoms with van der Waals surface area (Å²) in [6.07, 6.45) is 5.34. The minimum atomic E-state index is -0.152. The molecular weight excluding hydrogens is 356 g/mol. The van der Waals surface area contributed by atoms with Gasteiger partial charge in [0.05, 0.1) is 4.91 Å². The Hall–Kier alpha value is -2.44. The molecule has 3 heterocycles. The maximum absolute atomic E-state index is 12.2. The maximum atomic E-state index is 12.2. The molecule has 0 aliphatic carbocycles. The first-order valence-electron chi connectivity index (χ1n) is 9.13. The van der Waals surface area contributed by atoms with Crippen LogP contribution in [0.15, 0.2) is 58.7 Å². The summed E-state index contributed by atoms with van der Waals surface area (Å²) < 4.78 is 0. The third-order valence-electron chi connectivity index (χ3n) is 4.76. The van der Waals surface area contributed by atoms with Crippen LogP contribution in [0.1, 0.15) is 16.7 Å². The van der Waals surface area contributed by atoms with Crippen LogP contribution in [0.3, 0.4) is 0 Å². The highest BCUT2D eigenvalue weighted by molar-refractivity contribution is 8.18. The lowest BCUT2D eigenvalue weighted by atomic mass is 10.1. The van der Waals surface area contributed by atoms with E-state index in [2.05, 4.69) is 51.0 Å². The maximum Gasteiger partial charge on any atom is 0.286 e. The molecule has 0 bridgehead atoms. The minimum absolute atomic E-state index is 0.152.